The predicted octanol–water partition coefficient (Wildman–Crippen LogP) is 5.53. The summed E-state index contributed by atoms with van der Waals surface area (Å²) in [6.07, 6.45) is 18.9. The second-order valence-electron chi connectivity index (χ2n) is 12.9. The van der Waals surface area contributed by atoms with Crippen LogP contribution in [-0.4, -0.2) is 51.6 Å². The fourth-order valence-electron chi connectivity index (χ4n) is 8.63. The lowest BCUT2D eigenvalue weighted by Gasteiger charge is -2.65. The predicted molar refractivity (Wildman–Crippen MR) is 156 cm³/mol. The van der Waals surface area contributed by atoms with Gasteiger partial charge in [-0.1, -0.05) is 54.2 Å². The molecule has 1 spiro atoms. The van der Waals surface area contributed by atoms with E-state index < -0.39 is 17.1 Å². The zero-order valence-electron chi connectivity index (χ0n) is 24.0. The maximum absolute atomic E-state index is 12.3. The van der Waals surface area contributed by atoms with E-state index in [0.29, 0.717) is 25.7 Å². The Balaban J connectivity index is 1.70. The van der Waals surface area contributed by atoms with Crippen LogP contribution in [0.3, 0.4) is 0 Å². The standard InChI is InChI=1S/C34H48O5/c1-23(2)8-5-9-24(3)10-6-11-26(20-36)28-14-18-34(31(28)38)30-25(15-19-35)13-17-33(22-32(34,4)39)16-7-12-27(21-37)29(30)33/h6,8,10-11,13,17,21,25,28,30-31,35-36,38-39H,3,5,7,9,12,14-16,18-20,22H2,1-2,4H3. The molecule has 2 bridgehead atoms. The smallest absolute Gasteiger partial charge is 0.146 e. The Labute approximate surface area is 234 Å². The summed E-state index contributed by atoms with van der Waals surface area (Å²) in [6.45, 7) is 10.00. The van der Waals surface area contributed by atoms with Crippen LogP contribution in [0.1, 0.15) is 78.6 Å². The molecule has 4 N–H and O–H groups in total. The van der Waals surface area contributed by atoms with Gasteiger partial charge in [-0.25, -0.2) is 0 Å². The number of rotatable bonds is 10. The summed E-state index contributed by atoms with van der Waals surface area (Å²) >= 11 is 0. The zero-order valence-corrected chi connectivity index (χ0v) is 24.0. The first-order valence-electron chi connectivity index (χ1n) is 14.8. The number of aliphatic hydroxyl groups is 4. The third-order valence-corrected chi connectivity index (χ3v) is 10.3. The molecule has 0 aromatic rings. The molecule has 2 fully saturated rings. The zero-order chi connectivity index (χ0) is 28.4. The van der Waals surface area contributed by atoms with E-state index in [1.807, 2.05) is 25.2 Å². The molecule has 0 saturated heterocycles. The monoisotopic (exact) mass is 536 g/mol. The van der Waals surface area contributed by atoms with Crippen LogP contribution in [0.4, 0.5) is 0 Å². The number of allylic oxidation sites excluding steroid dienone is 10. The number of carbonyl (C=O) groups excluding carboxylic acids is 1. The summed E-state index contributed by atoms with van der Waals surface area (Å²) < 4.78 is 0. The largest absolute Gasteiger partial charge is 0.396 e. The van der Waals surface area contributed by atoms with Gasteiger partial charge in [0.15, 0.2) is 0 Å². The van der Waals surface area contributed by atoms with Crippen molar-refractivity contribution in [2.75, 3.05) is 13.2 Å². The van der Waals surface area contributed by atoms with Crippen molar-refractivity contribution in [1.82, 2.24) is 0 Å². The van der Waals surface area contributed by atoms with Crippen molar-refractivity contribution in [2.45, 2.75) is 90.3 Å². The third kappa shape index (κ3) is 5.24. The molecule has 2 saturated carbocycles. The average Bonchev–Trinajstić information content (AvgIpc) is 3.23. The van der Waals surface area contributed by atoms with Crippen LogP contribution < -0.4 is 0 Å². The average molecular weight is 537 g/mol. The van der Waals surface area contributed by atoms with Crippen LogP contribution in [0, 0.1) is 28.6 Å². The molecule has 214 valence electrons. The lowest BCUT2D eigenvalue weighted by molar-refractivity contribution is -0.195. The van der Waals surface area contributed by atoms with Gasteiger partial charge in [-0.05, 0) is 107 Å². The first-order chi connectivity index (χ1) is 18.6. The molecule has 0 amide bonds. The number of aldehydes is 1. The Morgan fingerprint density at radius 2 is 2.00 bits per heavy atom. The Morgan fingerprint density at radius 3 is 2.67 bits per heavy atom. The Bertz CT molecular complexity index is 1100. The summed E-state index contributed by atoms with van der Waals surface area (Å²) in [5.41, 5.74) is 2.53. The highest BCUT2D eigenvalue weighted by Gasteiger charge is 2.70. The molecule has 0 radical (unpaired) electrons. The van der Waals surface area contributed by atoms with E-state index in [1.165, 1.54) is 5.57 Å². The summed E-state index contributed by atoms with van der Waals surface area (Å²) in [5, 5.41) is 44.7. The summed E-state index contributed by atoms with van der Waals surface area (Å²) in [6, 6.07) is 0. The summed E-state index contributed by atoms with van der Waals surface area (Å²) in [4.78, 5) is 12.3. The molecule has 4 aliphatic rings. The molecule has 0 heterocycles. The molecule has 0 aromatic carbocycles. The second kappa shape index (κ2) is 11.8. The number of carbonyl (C=O) groups is 1. The normalized spacial score (nSPS) is 37.9. The number of hydrogen-bond donors (Lipinski definition) is 4. The number of aliphatic hydroxyl groups excluding tert-OH is 3. The first-order valence-corrected chi connectivity index (χ1v) is 14.8. The van der Waals surface area contributed by atoms with Gasteiger partial charge in [-0.2, -0.15) is 0 Å². The van der Waals surface area contributed by atoms with E-state index in [2.05, 4.69) is 38.7 Å². The van der Waals surface area contributed by atoms with Crippen LogP contribution in [-0.2, 0) is 4.79 Å². The van der Waals surface area contributed by atoms with Crippen molar-refractivity contribution in [1.29, 1.82) is 0 Å². The highest BCUT2D eigenvalue weighted by molar-refractivity contribution is 5.76. The maximum atomic E-state index is 12.3. The molecule has 0 aliphatic heterocycles. The van der Waals surface area contributed by atoms with Crippen LogP contribution >= 0.6 is 0 Å². The van der Waals surface area contributed by atoms with Gasteiger partial charge in [0.2, 0.25) is 0 Å². The number of hydrogen-bond acceptors (Lipinski definition) is 5. The van der Waals surface area contributed by atoms with Crippen molar-refractivity contribution in [3.63, 3.8) is 0 Å². The third-order valence-electron chi connectivity index (χ3n) is 10.3. The molecule has 7 unspecified atom stereocenters. The van der Waals surface area contributed by atoms with Crippen LogP contribution in [0.5, 0.6) is 0 Å². The van der Waals surface area contributed by atoms with E-state index in [-0.39, 0.29) is 36.4 Å². The highest BCUT2D eigenvalue weighted by atomic mass is 16.3. The van der Waals surface area contributed by atoms with Crippen molar-refractivity contribution >= 4 is 6.29 Å². The van der Waals surface area contributed by atoms with Crippen LogP contribution in [0.15, 0.2) is 70.9 Å². The van der Waals surface area contributed by atoms with Gasteiger partial charge in [-0.15, -0.1) is 0 Å². The fraction of sp³-hybridized carbons (Fsp3) is 0.618. The Kier molecular flexibility index (Phi) is 9.07. The van der Waals surface area contributed by atoms with Crippen LogP contribution in [0.2, 0.25) is 0 Å². The summed E-state index contributed by atoms with van der Waals surface area (Å²) in [7, 11) is 0. The van der Waals surface area contributed by atoms with Gasteiger partial charge in [0.1, 0.15) is 6.29 Å². The maximum Gasteiger partial charge on any atom is 0.146 e. The molecule has 4 aliphatic carbocycles. The van der Waals surface area contributed by atoms with Crippen molar-refractivity contribution in [2.24, 2.45) is 28.6 Å². The fourth-order valence-corrected chi connectivity index (χ4v) is 8.63. The van der Waals surface area contributed by atoms with E-state index in [4.69, 9.17) is 0 Å². The van der Waals surface area contributed by atoms with Gasteiger partial charge in [0.05, 0.1) is 18.3 Å². The molecule has 5 nitrogen and oxygen atoms in total. The van der Waals surface area contributed by atoms with E-state index >= 15 is 0 Å². The van der Waals surface area contributed by atoms with Gasteiger partial charge >= 0.3 is 0 Å². The molecule has 4 rings (SSSR count). The molecular formula is C34H48O5. The molecular weight excluding hydrogens is 488 g/mol. The first kappa shape index (κ1) is 29.9. The molecule has 5 heteroatoms. The van der Waals surface area contributed by atoms with Crippen molar-refractivity contribution in [3.05, 3.63) is 70.9 Å². The molecule has 7 atom stereocenters. The summed E-state index contributed by atoms with van der Waals surface area (Å²) in [5.74, 6) is -0.608. The van der Waals surface area contributed by atoms with Crippen molar-refractivity contribution < 1.29 is 25.2 Å². The lowest BCUT2D eigenvalue weighted by atomic mass is 9.41. The van der Waals surface area contributed by atoms with E-state index in [1.54, 1.807) is 0 Å². The van der Waals surface area contributed by atoms with Gasteiger partial charge in [0, 0.05) is 23.4 Å². The van der Waals surface area contributed by atoms with Crippen molar-refractivity contribution in [3.8, 4) is 0 Å². The minimum atomic E-state index is -1.17. The topological polar surface area (TPSA) is 98.0 Å². The lowest BCUT2D eigenvalue weighted by Crippen LogP contribution is -2.66. The van der Waals surface area contributed by atoms with E-state index in [0.717, 1.165) is 60.7 Å². The number of fused-ring (bicyclic) bond motifs is 1. The Hall–Kier alpha value is -2.05. The SMILES string of the molecule is C=C(C=CC=C(CO)C1CCC2(C1O)C1C3=C(C=O)CCCC3(C=CC1CCO)CC2(C)O)CCC=C(C)C. The van der Waals surface area contributed by atoms with Gasteiger partial charge in [-0.3, -0.25) is 4.79 Å². The molecule has 39 heavy (non-hydrogen) atoms. The minimum absolute atomic E-state index is 0.00401. The Morgan fingerprint density at radius 1 is 1.23 bits per heavy atom. The van der Waals surface area contributed by atoms with Gasteiger partial charge in [0.25, 0.3) is 0 Å². The van der Waals surface area contributed by atoms with Gasteiger partial charge < -0.3 is 20.4 Å². The van der Waals surface area contributed by atoms with E-state index in [9.17, 15) is 25.2 Å². The van der Waals surface area contributed by atoms with Crippen LogP contribution in [0.25, 0.3) is 0 Å². The minimum Gasteiger partial charge on any atom is -0.396 e. The quantitative estimate of drug-likeness (QED) is 0.167. The second-order valence-corrected chi connectivity index (χ2v) is 12.9. The molecule has 0 aromatic heterocycles. The highest BCUT2D eigenvalue weighted by Crippen LogP contribution is 2.71.